The van der Waals surface area contributed by atoms with Gasteiger partial charge in [0.2, 0.25) is 11.8 Å². The summed E-state index contributed by atoms with van der Waals surface area (Å²) in [5.41, 5.74) is 0.937. The van der Waals surface area contributed by atoms with Crippen LogP contribution in [0.15, 0.2) is 18.2 Å². The summed E-state index contributed by atoms with van der Waals surface area (Å²) in [6, 6.07) is 5.24. The van der Waals surface area contributed by atoms with Gasteiger partial charge in [0.15, 0.2) is 11.5 Å². The molecule has 8 heteroatoms. The standard InChI is InChI=1S/C23H36N4O4/c1-25(14-15-26-11-5-4-6-12-26)21(28)16-19-23(29)24-10-13-27(19)17-18-8-7-9-20(30-2)22(18)31-3/h7-9,19H,4-6,10-17H2,1-3H3,(H,24,29). The Hall–Kier alpha value is -2.32. The van der Waals surface area contributed by atoms with E-state index >= 15 is 0 Å². The highest BCUT2D eigenvalue weighted by Gasteiger charge is 2.33. The zero-order chi connectivity index (χ0) is 22.2. The van der Waals surface area contributed by atoms with E-state index in [2.05, 4.69) is 15.1 Å². The van der Waals surface area contributed by atoms with Crippen LogP contribution in [-0.4, -0.2) is 93.1 Å². The number of nitrogens with one attached hydrogen (secondary N) is 1. The van der Waals surface area contributed by atoms with Gasteiger partial charge in [-0.15, -0.1) is 0 Å². The lowest BCUT2D eigenvalue weighted by molar-refractivity contribution is -0.138. The second kappa shape index (κ2) is 11.3. The fourth-order valence-corrected chi connectivity index (χ4v) is 4.39. The maximum Gasteiger partial charge on any atom is 0.237 e. The molecule has 1 unspecified atom stereocenters. The molecule has 2 aliphatic rings. The third-order valence-corrected chi connectivity index (χ3v) is 6.29. The quantitative estimate of drug-likeness (QED) is 0.635. The zero-order valence-corrected chi connectivity index (χ0v) is 19.1. The van der Waals surface area contributed by atoms with Crippen LogP contribution in [0.2, 0.25) is 0 Å². The molecule has 8 nitrogen and oxygen atoms in total. The van der Waals surface area contributed by atoms with Crippen LogP contribution in [-0.2, 0) is 16.1 Å². The van der Waals surface area contributed by atoms with Crippen molar-refractivity contribution in [3.8, 4) is 11.5 Å². The van der Waals surface area contributed by atoms with Crippen molar-refractivity contribution in [1.82, 2.24) is 20.0 Å². The number of carbonyl (C=O) groups excluding carboxylic acids is 2. The second-order valence-electron chi connectivity index (χ2n) is 8.35. The topological polar surface area (TPSA) is 74.4 Å². The van der Waals surface area contributed by atoms with Crippen molar-refractivity contribution in [2.24, 2.45) is 0 Å². The van der Waals surface area contributed by atoms with Crippen LogP contribution < -0.4 is 14.8 Å². The fourth-order valence-electron chi connectivity index (χ4n) is 4.39. The Bertz CT molecular complexity index is 751. The minimum Gasteiger partial charge on any atom is -0.493 e. The number of methoxy groups -OCH3 is 2. The van der Waals surface area contributed by atoms with Gasteiger partial charge in [-0.1, -0.05) is 18.6 Å². The molecule has 172 valence electrons. The number of rotatable bonds is 9. The number of likely N-dealkylation sites (N-methyl/N-ethyl adjacent to an activating group) is 1. The second-order valence-corrected chi connectivity index (χ2v) is 8.35. The molecule has 2 fully saturated rings. The molecule has 1 atom stereocenters. The summed E-state index contributed by atoms with van der Waals surface area (Å²) in [5, 5.41) is 2.91. The van der Waals surface area contributed by atoms with Crippen LogP contribution in [0.5, 0.6) is 11.5 Å². The van der Waals surface area contributed by atoms with Gasteiger partial charge < -0.3 is 24.6 Å². The number of ether oxygens (including phenoxy) is 2. The summed E-state index contributed by atoms with van der Waals surface area (Å²) in [5.74, 6) is 1.24. The smallest absolute Gasteiger partial charge is 0.237 e. The molecule has 1 N–H and O–H groups in total. The Morgan fingerprint density at radius 1 is 1.16 bits per heavy atom. The zero-order valence-electron chi connectivity index (χ0n) is 19.1. The van der Waals surface area contributed by atoms with Gasteiger partial charge in [-0.05, 0) is 32.0 Å². The Morgan fingerprint density at radius 2 is 1.94 bits per heavy atom. The van der Waals surface area contributed by atoms with Crippen molar-refractivity contribution in [3.05, 3.63) is 23.8 Å². The van der Waals surface area contributed by atoms with Crippen LogP contribution in [0.25, 0.3) is 0 Å². The lowest BCUT2D eigenvalue weighted by Crippen LogP contribution is -2.56. The number of carbonyl (C=O) groups is 2. The van der Waals surface area contributed by atoms with Crippen molar-refractivity contribution in [1.29, 1.82) is 0 Å². The molecular weight excluding hydrogens is 396 g/mol. The molecule has 0 bridgehead atoms. The SMILES string of the molecule is COc1cccc(CN2CCNC(=O)C2CC(=O)N(C)CCN2CCCCC2)c1OC. The van der Waals surface area contributed by atoms with E-state index in [1.807, 2.05) is 25.2 Å². The maximum absolute atomic E-state index is 12.9. The third-order valence-electron chi connectivity index (χ3n) is 6.29. The molecular formula is C23H36N4O4. The average molecular weight is 433 g/mol. The van der Waals surface area contributed by atoms with Gasteiger partial charge in [0.25, 0.3) is 0 Å². The van der Waals surface area contributed by atoms with Crippen molar-refractivity contribution in [2.45, 2.75) is 38.3 Å². The molecule has 0 radical (unpaired) electrons. The molecule has 2 aliphatic heterocycles. The van der Waals surface area contributed by atoms with E-state index in [4.69, 9.17) is 9.47 Å². The Labute approximate surface area is 185 Å². The lowest BCUT2D eigenvalue weighted by Gasteiger charge is -2.36. The number of para-hydroxylation sites is 1. The monoisotopic (exact) mass is 432 g/mol. The lowest BCUT2D eigenvalue weighted by atomic mass is 10.1. The summed E-state index contributed by atoms with van der Waals surface area (Å²) >= 11 is 0. The number of piperazine rings is 1. The first-order valence-electron chi connectivity index (χ1n) is 11.2. The van der Waals surface area contributed by atoms with Gasteiger partial charge >= 0.3 is 0 Å². The van der Waals surface area contributed by atoms with Gasteiger partial charge in [-0.3, -0.25) is 14.5 Å². The molecule has 31 heavy (non-hydrogen) atoms. The molecule has 0 aromatic heterocycles. The van der Waals surface area contributed by atoms with Crippen molar-refractivity contribution in [3.63, 3.8) is 0 Å². The summed E-state index contributed by atoms with van der Waals surface area (Å²) in [6.45, 7) is 5.58. The molecule has 2 amide bonds. The molecule has 3 rings (SSSR count). The fraction of sp³-hybridized carbons (Fsp3) is 0.652. The normalized spacial score (nSPS) is 20.2. The van der Waals surface area contributed by atoms with E-state index in [0.717, 1.165) is 25.2 Å². The first-order valence-corrected chi connectivity index (χ1v) is 11.2. The van der Waals surface area contributed by atoms with E-state index < -0.39 is 6.04 Å². The third kappa shape index (κ3) is 6.11. The van der Waals surface area contributed by atoms with Crippen molar-refractivity contribution < 1.29 is 19.1 Å². The van der Waals surface area contributed by atoms with Crippen LogP contribution in [0, 0.1) is 0 Å². The average Bonchev–Trinajstić information content (AvgIpc) is 2.80. The minimum absolute atomic E-state index is 0.00154. The van der Waals surface area contributed by atoms with Crippen LogP contribution in [0.1, 0.15) is 31.2 Å². The summed E-state index contributed by atoms with van der Waals surface area (Å²) in [6.07, 6.45) is 3.95. The van der Waals surface area contributed by atoms with Crippen molar-refractivity contribution >= 4 is 11.8 Å². The first kappa shape index (κ1) is 23.3. The van der Waals surface area contributed by atoms with Gasteiger partial charge in [0.1, 0.15) is 0 Å². The van der Waals surface area contributed by atoms with Crippen LogP contribution in [0.3, 0.4) is 0 Å². The van der Waals surface area contributed by atoms with Crippen LogP contribution in [0.4, 0.5) is 0 Å². The number of amides is 2. The highest BCUT2D eigenvalue weighted by atomic mass is 16.5. The van der Waals surface area contributed by atoms with Gasteiger partial charge in [-0.25, -0.2) is 0 Å². The number of hydrogen-bond donors (Lipinski definition) is 1. The predicted octanol–water partition coefficient (Wildman–Crippen LogP) is 1.34. The molecule has 2 heterocycles. The van der Waals surface area contributed by atoms with Crippen molar-refractivity contribution in [2.75, 3.05) is 60.5 Å². The molecule has 2 saturated heterocycles. The van der Waals surface area contributed by atoms with E-state index in [9.17, 15) is 9.59 Å². The first-order chi connectivity index (χ1) is 15.0. The number of nitrogens with zero attached hydrogens (tertiary/aromatic N) is 3. The summed E-state index contributed by atoms with van der Waals surface area (Å²) < 4.78 is 10.9. The molecule has 0 saturated carbocycles. The van der Waals surface area contributed by atoms with Crippen LogP contribution >= 0.6 is 0 Å². The van der Waals surface area contributed by atoms with E-state index in [1.54, 1.807) is 19.1 Å². The molecule has 0 aliphatic carbocycles. The highest BCUT2D eigenvalue weighted by Crippen LogP contribution is 2.32. The minimum atomic E-state index is -0.491. The number of benzene rings is 1. The van der Waals surface area contributed by atoms with E-state index in [0.29, 0.717) is 37.7 Å². The molecule has 1 aromatic rings. The summed E-state index contributed by atoms with van der Waals surface area (Å²) in [4.78, 5) is 31.8. The Balaban J connectivity index is 1.62. The highest BCUT2D eigenvalue weighted by molar-refractivity contribution is 5.88. The Kier molecular flexibility index (Phi) is 8.54. The van der Waals surface area contributed by atoms with E-state index in [1.165, 1.54) is 19.3 Å². The number of likely N-dealkylation sites (tertiary alicyclic amines) is 1. The number of piperidine rings is 1. The largest absolute Gasteiger partial charge is 0.493 e. The predicted molar refractivity (Wildman–Crippen MR) is 119 cm³/mol. The molecule has 0 spiro atoms. The van der Waals surface area contributed by atoms with E-state index in [-0.39, 0.29) is 18.2 Å². The van der Waals surface area contributed by atoms with Gasteiger partial charge in [-0.2, -0.15) is 0 Å². The summed E-state index contributed by atoms with van der Waals surface area (Å²) in [7, 11) is 5.06. The Morgan fingerprint density at radius 3 is 2.65 bits per heavy atom. The maximum atomic E-state index is 12.9. The van der Waals surface area contributed by atoms with Gasteiger partial charge in [0.05, 0.1) is 26.7 Å². The number of hydrogen-bond acceptors (Lipinski definition) is 6. The molecule has 1 aromatic carbocycles. The van der Waals surface area contributed by atoms with Gasteiger partial charge in [0, 0.05) is 45.3 Å².